The molecule has 0 saturated heterocycles. The average molecular weight is 447 g/mol. The Morgan fingerprint density at radius 1 is 0.500 bits per heavy atom. The van der Waals surface area contributed by atoms with Crippen molar-refractivity contribution in [3.63, 3.8) is 0 Å². The Hall–Kier alpha value is 0.350. The van der Waals surface area contributed by atoms with E-state index >= 15 is 0 Å². The Kier molecular flexibility index (Phi) is 19.1. The summed E-state index contributed by atoms with van der Waals surface area (Å²) in [6.45, 7) is 11.1. The second kappa shape index (κ2) is 18.9. The Morgan fingerprint density at radius 2 is 0.767 bits per heavy atom. The summed E-state index contributed by atoms with van der Waals surface area (Å²) in [4.78, 5) is 12.3. The molecule has 0 aliphatic rings. The van der Waals surface area contributed by atoms with Gasteiger partial charge in [0.2, 0.25) is 0 Å². The van der Waals surface area contributed by atoms with Gasteiger partial charge in [0.1, 0.15) is 0 Å². The minimum atomic E-state index is -3.06. The number of hydrogen-bond donors (Lipinski definition) is 1. The Labute approximate surface area is 191 Å². The first-order valence-corrected chi connectivity index (χ1v) is 16.5. The summed E-state index contributed by atoms with van der Waals surface area (Å²) in [6.07, 6.45) is 26.1. The molecule has 0 amide bonds. The summed E-state index contributed by atoms with van der Waals surface area (Å²) in [5.74, 6) is 0. The van der Waals surface area contributed by atoms with Crippen LogP contribution in [-0.2, 0) is 4.52 Å². The molecule has 0 aromatic rings. The minimum absolute atomic E-state index is 0.132. The molecular weight excluding hydrogens is 387 g/mol. The van der Waals surface area contributed by atoms with Gasteiger partial charge >= 0.3 is 191 Å². The van der Waals surface area contributed by atoms with E-state index in [-0.39, 0.29) is 6.10 Å². The molecule has 184 valence electrons. The van der Waals surface area contributed by atoms with E-state index in [1.807, 2.05) is 0 Å². The zero-order chi connectivity index (χ0) is 22.6. The Bertz CT molecular complexity index is 326. The van der Waals surface area contributed by atoms with Crippen molar-refractivity contribution >= 4 is 7.06 Å². The van der Waals surface area contributed by atoms with Gasteiger partial charge in [-0.25, -0.2) is 0 Å². The van der Waals surface area contributed by atoms with Crippen LogP contribution < -0.4 is 0 Å². The van der Waals surface area contributed by atoms with E-state index in [0.717, 1.165) is 37.7 Å². The predicted molar refractivity (Wildman–Crippen MR) is 140 cm³/mol. The molecule has 30 heavy (non-hydrogen) atoms. The summed E-state index contributed by atoms with van der Waals surface area (Å²) in [7, 11) is -3.06. The van der Waals surface area contributed by atoms with Crippen molar-refractivity contribution in [2.24, 2.45) is 0 Å². The summed E-state index contributed by atoms with van der Waals surface area (Å²) in [5, 5.41) is 0. The van der Waals surface area contributed by atoms with Crippen molar-refractivity contribution in [1.82, 2.24) is 0 Å². The summed E-state index contributed by atoms with van der Waals surface area (Å²) < 4.78 is 6.59. The molecule has 0 bridgehead atoms. The van der Waals surface area contributed by atoms with E-state index in [1.54, 1.807) is 0 Å². The molecule has 3 heteroatoms. The third kappa shape index (κ3) is 16.0. The van der Waals surface area contributed by atoms with Crippen molar-refractivity contribution in [1.29, 1.82) is 0 Å². The zero-order valence-corrected chi connectivity index (χ0v) is 22.6. The van der Waals surface area contributed by atoms with Crippen LogP contribution in [0.15, 0.2) is 0 Å². The van der Waals surface area contributed by atoms with Crippen molar-refractivity contribution in [2.45, 2.75) is 156 Å². The quantitative estimate of drug-likeness (QED) is 0.125. The second-order valence-corrected chi connectivity index (χ2v) is 14.9. The van der Waals surface area contributed by atoms with Gasteiger partial charge < -0.3 is 0 Å². The molecule has 0 aromatic heterocycles. The third-order valence-corrected chi connectivity index (χ3v) is 11.5. The van der Waals surface area contributed by atoms with Crippen LogP contribution in [0.3, 0.4) is 0 Å². The SMILES string of the molecule is CCCCCCCCP(O)(CCCCCCCC)(CCCCCCCC)OC(C)C. The molecule has 0 aliphatic carbocycles. The van der Waals surface area contributed by atoms with Crippen molar-refractivity contribution in [3.8, 4) is 0 Å². The van der Waals surface area contributed by atoms with E-state index in [4.69, 9.17) is 4.52 Å². The van der Waals surface area contributed by atoms with Crippen molar-refractivity contribution in [2.75, 3.05) is 18.5 Å². The van der Waals surface area contributed by atoms with Crippen LogP contribution in [0.2, 0.25) is 0 Å². The van der Waals surface area contributed by atoms with Gasteiger partial charge in [0.15, 0.2) is 0 Å². The molecule has 0 atom stereocenters. The molecule has 0 aliphatic heterocycles. The topological polar surface area (TPSA) is 29.5 Å². The van der Waals surface area contributed by atoms with E-state index < -0.39 is 7.06 Å². The Morgan fingerprint density at radius 3 is 1.03 bits per heavy atom. The van der Waals surface area contributed by atoms with Crippen molar-refractivity contribution < 1.29 is 9.42 Å². The summed E-state index contributed by atoms with van der Waals surface area (Å²) >= 11 is 0. The second-order valence-electron chi connectivity index (χ2n) is 10.2. The molecule has 0 radical (unpaired) electrons. The fraction of sp³-hybridized carbons (Fsp3) is 1.00. The molecule has 0 fully saturated rings. The first kappa shape index (κ1) is 30.4. The third-order valence-electron chi connectivity index (χ3n) is 6.54. The number of rotatable bonds is 23. The molecule has 1 N–H and O–H groups in total. The average Bonchev–Trinajstić information content (AvgIpc) is 2.70. The van der Waals surface area contributed by atoms with Gasteiger partial charge in [0.05, 0.1) is 0 Å². The summed E-state index contributed by atoms with van der Waals surface area (Å²) in [5.41, 5.74) is 0. The van der Waals surface area contributed by atoms with Crippen LogP contribution in [0, 0.1) is 0 Å². The zero-order valence-electron chi connectivity index (χ0n) is 21.7. The normalized spacial score (nSPS) is 13.6. The van der Waals surface area contributed by atoms with E-state index in [1.165, 1.54) is 96.3 Å². The van der Waals surface area contributed by atoms with E-state index in [0.29, 0.717) is 0 Å². The number of hydrogen-bond acceptors (Lipinski definition) is 2. The predicted octanol–water partition coefficient (Wildman–Crippen LogP) is 9.87. The van der Waals surface area contributed by atoms with Crippen LogP contribution in [0.1, 0.15) is 150 Å². The van der Waals surface area contributed by atoms with Gasteiger partial charge in [-0.15, -0.1) is 0 Å². The van der Waals surface area contributed by atoms with Crippen LogP contribution in [-0.4, -0.2) is 29.5 Å². The van der Waals surface area contributed by atoms with Gasteiger partial charge in [-0.05, 0) is 0 Å². The monoisotopic (exact) mass is 446 g/mol. The van der Waals surface area contributed by atoms with Crippen LogP contribution >= 0.6 is 7.06 Å². The molecule has 2 nitrogen and oxygen atoms in total. The van der Waals surface area contributed by atoms with Gasteiger partial charge in [-0.2, -0.15) is 0 Å². The molecule has 0 unspecified atom stereocenters. The number of unbranched alkanes of at least 4 members (excludes halogenated alkanes) is 15. The van der Waals surface area contributed by atoms with Gasteiger partial charge in [0.25, 0.3) is 0 Å². The first-order chi connectivity index (χ1) is 14.4. The van der Waals surface area contributed by atoms with Gasteiger partial charge in [-0.1, -0.05) is 0 Å². The Balaban J connectivity index is 4.85. The molecule has 0 aromatic carbocycles. The molecular formula is C27H59O2P. The van der Waals surface area contributed by atoms with Crippen LogP contribution in [0.5, 0.6) is 0 Å². The molecule has 0 heterocycles. The fourth-order valence-corrected chi connectivity index (χ4v) is 9.68. The molecule has 0 saturated carbocycles. The summed E-state index contributed by atoms with van der Waals surface area (Å²) in [6, 6.07) is 0. The fourth-order valence-electron chi connectivity index (χ4n) is 4.79. The molecule has 0 spiro atoms. The standard InChI is InChI=1S/C27H59O2P/c1-6-9-12-15-18-21-24-30(28,29-27(4)5,25-22-19-16-13-10-7-2)26-23-20-17-14-11-8-3/h27-28H,6-26H2,1-5H3. The van der Waals surface area contributed by atoms with E-state index in [2.05, 4.69) is 34.6 Å². The van der Waals surface area contributed by atoms with Crippen LogP contribution in [0.4, 0.5) is 0 Å². The molecule has 0 rings (SSSR count). The van der Waals surface area contributed by atoms with E-state index in [9.17, 15) is 4.89 Å². The van der Waals surface area contributed by atoms with Crippen LogP contribution in [0.25, 0.3) is 0 Å². The maximum absolute atomic E-state index is 12.3. The van der Waals surface area contributed by atoms with Gasteiger partial charge in [-0.3, -0.25) is 0 Å². The first-order valence-electron chi connectivity index (χ1n) is 13.8. The van der Waals surface area contributed by atoms with Crippen molar-refractivity contribution in [3.05, 3.63) is 0 Å². The van der Waals surface area contributed by atoms with Gasteiger partial charge in [0, 0.05) is 0 Å². The maximum atomic E-state index is 12.3.